The van der Waals surface area contributed by atoms with Gasteiger partial charge in [-0.15, -0.1) is 0 Å². The zero-order valence-electron chi connectivity index (χ0n) is 17.9. The van der Waals surface area contributed by atoms with E-state index in [4.69, 9.17) is 16.3 Å². The topological polar surface area (TPSA) is 96.5 Å². The van der Waals surface area contributed by atoms with E-state index in [1.165, 1.54) is 0 Å². The Labute approximate surface area is 187 Å². The van der Waals surface area contributed by atoms with Crippen molar-refractivity contribution in [3.05, 3.63) is 59.1 Å². The number of benzene rings is 2. The molecule has 2 rings (SSSR count). The van der Waals surface area contributed by atoms with Crippen LogP contribution >= 0.6 is 11.6 Å². The molecule has 31 heavy (non-hydrogen) atoms. The van der Waals surface area contributed by atoms with E-state index < -0.39 is 6.04 Å². The summed E-state index contributed by atoms with van der Waals surface area (Å²) in [4.78, 5) is 37.0. The molecule has 1 unspecified atom stereocenters. The van der Waals surface area contributed by atoms with Crippen LogP contribution in [-0.4, -0.2) is 36.9 Å². The Bertz CT molecular complexity index is 900. The number of amides is 3. The molecule has 0 aromatic heterocycles. The number of halogens is 1. The highest BCUT2D eigenvalue weighted by Crippen LogP contribution is 2.18. The Hall–Kier alpha value is -3.06. The second-order valence-corrected chi connectivity index (χ2v) is 7.86. The van der Waals surface area contributed by atoms with Crippen LogP contribution in [0.2, 0.25) is 5.02 Å². The van der Waals surface area contributed by atoms with E-state index in [0.29, 0.717) is 35.0 Å². The van der Waals surface area contributed by atoms with Crippen LogP contribution in [0.3, 0.4) is 0 Å². The molecule has 0 aliphatic heterocycles. The zero-order chi connectivity index (χ0) is 22.8. The molecule has 3 amide bonds. The zero-order valence-corrected chi connectivity index (χ0v) is 18.7. The van der Waals surface area contributed by atoms with Gasteiger partial charge in [-0.1, -0.05) is 31.5 Å². The first-order valence-corrected chi connectivity index (χ1v) is 10.5. The minimum Gasteiger partial charge on any atom is -0.484 e. The van der Waals surface area contributed by atoms with E-state index in [0.717, 1.165) is 0 Å². The maximum Gasteiger partial charge on any atom is 0.257 e. The normalized spacial score (nSPS) is 11.5. The molecule has 0 heterocycles. The SMILES string of the molecule is CCNC(=O)COc1cccc(NC(=O)C(CC(C)C)NC(=O)c2ccc(Cl)cc2)c1. The van der Waals surface area contributed by atoms with Gasteiger partial charge in [0.05, 0.1) is 0 Å². The van der Waals surface area contributed by atoms with E-state index >= 15 is 0 Å². The summed E-state index contributed by atoms with van der Waals surface area (Å²) >= 11 is 5.87. The molecule has 7 nitrogen and oxygen atoms in total. The predicted octanol–water partition coefficient (Wildman–Crippen LogP) is 3.64. The number of hydrogen-bond donors (Lipinski definition) is 3. The minimum atomic E-state index is -0.719. The molecule has 3 N–H and O–H groups in total. The summed E-state index contributed by atoms with van der Waals surface area (Å²) in [6, 6.07) is 12.5. The van der Waals surface area contributed by atoms with E-state index in [2.05, 4.69) is 16.0 Å². The molecule has 0 saturated carbocycles. The van der Waals surface area contributed by atoms with E-state index in [1.54, 1.807) is 48.5 Å². The van der Waals surface area contributed by atoms with Crippen LogP contribution in [-0.2, 0) is 9.59 Å². The van der Waals surface area contributed by atoms with E-state index in [1.807, 2.05) is 20.8 Å². The highest BCUT2D eigenvalue weighted by molar-refractivity contribution is 6.30. The molecule has 0 aliphatic carbocycles. The number of nitrogens with one attached hydrogen (secondary N) is 3. The van der Waals surface area contributed by atoms with Crippen molar-refractivity contribution in [3.8, 4) is 5.75 Å². The number of carbonyl (C=O) groups is 3. The smallest absolute Gasteiger partial charge is 0.257 e. The number of anilines is 1. The lowest BCUT2D eigenvalue weighted by Crippen LogP contribution is -2.44. The standard InChI is InChI=1S/C23H28ClN3O4/c1-4-25-21(28)14-31-19-7-5-6-18(13-19)26-23(30)20(12-15(2)3)27-22(29)16-8-10-17(24)11-9-16/h5-11,13,15,20H,4,12,14H2,1-3H3,(H,25,28)(H,26,30)(H,27,29). The molecule has 0 bridgehead atoms. The lowest BCUT2D eigenvalue weighted by atomic mass is 10.0. The van der Waals surface area contributed by atoms with Gasteiger partial charge < -0.3 is 20.7 Å². The minimum absolute atomic E-state index is 0.113. The third-order valence-electron chi connectivity index (χ3n) is 4.28. The summed E-state index contributed by atoms with van der Waals surface area (Å²) in [5.41, 5.74) is 0.930. The fraction of sp³-hybridized carbons (Fsp3) is 0.348. The van der Waals surface area contributed by atoms with Crippen LogP contribution in [0.25, 0.3) is 0 Å². The Kier molecular flexibility index (Phi) is 9.34. The van der Waals surface area contributed by atoms with Gasteiger partial charge >= 0.3 is 0 Å². The monoisotopic (exact) mass is 445 g/mol. The molecule has 2 aromatic carbocycles. The Morgan fingerprint density at radius 1 is 1.06 bits per heavy atom. The molecule has 2 aromatic rings. The maximum atomic E-state index is 12.9. The highest BCUT2D eigenvalue weighted by atomic mass is 35.5. The van der Waals surface area contributed by atoms with Crippen molar-refractivity contribution in [2.45, 2.75) is 33.2 Å². The summed E-state index contributed by atoms with van der Waals surface area (Å²) < 4.78 is 5.46. The first-order valence-electron chi connectivity index (χ1n) is 10.1. The van der Waals surface area contributed by atoms with Crippen molar-refractivity contribution >= 4 is 35.0 Å². The third kappa shape index (κ3) is 8.30. The molecule has 1 atom stereocenters. The van der Waals surface area contributed by atoms with Crippen LogP contribution in [0, 0.1) is 5.92 Å². The van der Waals surface area contributed by atoms with Gasteiger partial charge in [-0.25, -0.2) is 0 Å². The first kappa shape index (κ1) is 24.2. The van der Waals surface area contributed by atoms with Crippen LogP contribution in [0.1, 0.15) is 37.6 Å². The van der Waals surface area contributed by atoms with Crippen molar-refractivity contribution in [1.29, 1.82) is 0 Å². The van der Waals surface area contributed by atoms with Gasteiger partial charge in [0.15, 0.2) is 6.61 Å². The van der Waals surface area contributed by atoms with Crippen molar-refractivity contribution in [2.75, 3.05) is 18.5 Å². The molecular formula is C23H28ClN3O4. The molecule has 0 aliphatic rings. The molecule has 0 saturated heterocycles. The fourth-order valence-corrected chi connectivity index (χ4v) is 2.96. The number of ether oxygens (including phenoxy) is 1. The average molecular weight is 446 g/mol. The number of carbonyl (C=O) groups excluding carboxylic acids is 3. The van der Waals surface area contributed by atoms with Crippen molar-refractivity contribution in [2.24, 2.45) is 5.92 Å². The van der Waals surface area contributed by atoms with Gasteiger partial charge in [0, 0.05) is 28.9 Å². The lowest BCUT2D eigenvalue weighted by Gasteiger charge is -2.20. The fourth-order valence-electron chi connectivity index (χ4n) is 2.84. The molecule has 166 valence electrons. The van der Waals surface area contributed by atoms with Crippen molar-refractivity contribution in [3.63, 3.8) is 0 Å². The average Bonchev–Trinajstić information content (AvgIpc) is 2.72. The Morgan fingerprint density at radius 2 is 1.77 bits per heavy atom. The van der Waals surface area contributed by atoms with Gasteiger partial charge in [-0.2, -0.15) is 0 Å². The van der Waals surface area contributed by atoms with Crippen molar-refractivity contribution in [1.82, 2.24) is 10.6 Å². The van der Waals surface area contributed by atoms with Gasteiger partial charge in [-0.3, -0.25) is 14.4 Å². The second-order valence-electron chi connectivity index (χ2n) is 7.42. The van der Waals surface area contributed by atoms with E-state index in [-0.39, 0.29) is 30.2 Å². The summed E-state index contributed by atoms with van der Waals surface area (Å²) in [5, 5.41) is 8.78. The van der Waals surface area contributed by atoms with Crippen LogP contribution in [0.5, 0.6) is 5.75 Å². The van der Waals surface area contributed by atoms with E-state index in [9.17, 15) is 14.4 Å². The molecule has 0 fully saturated rings. The van der Waals surface area contributed by atoms with Crippen LogP contribution in [0.15, 0.2) is 48.5 Å². The van der Waals surface area contributed by atoms with Crippen LogP contribution in [0.4, 0.5) is 5.69 Å². The first-order chi connectivity index (χ1) is 14.8. The third-order valence-corrected chi connectivity index (χ3v) is 4.53. The number of hydrogen-bond acceptors (Lipinski definition) is 4. The van der Waals surface area contributed by atoms with Crippen molar-refractivity contribution < 1.29 is 19.1 Å². The van der Waals surface area contributed by atoms with Gasteiger partial charge in [0.25, 0.3) is 11.8 Å². The molecule has 8 heteroatoms. The summed E-state index contributed by atoms with van der Waals surface area (Å²) in [7, 11) is 0. The lowest BCUT2D eigenvalue weighted by molar-refractivity contribution is -0.123. The molecule has 0 spiro atoms. The molecule has 0 radical (unpaired) electrons. The Balaban J connectivity index is 2.04. The molecular weight excluding hydrogens is 418 g/mol. The number of rotatable bonds is 10. The van der Waals surface area contributed by atoms with Gasteiger partial charge in [-0.05, 0) is 55.7 Å². The summed E-state index contributed by atoms with van der Waals surface area (Å²) in [6.07, 6.45) is 0.471. The van der Waals surface area contributed by atoms with Gasteiger partial charge in [0.1, 0.15) is 11.8 Å². The second kappa shape index (κ2) is 12.0. The predicted molar refractivity (Wildman–Crippen MR) is 121 cm³/mol. The highest BCUT2D eigenvalue weighted by Gasteiger charge is 2.23. The largest absolute Gasteiger partial charge is 0.484 e. The number of likely N-dealkylation sites (N-methyl/N-ethyl adjacent to an activating group) is 1. The van der Waals surface area contributed by atoms with Gasteiger partial charge in [0.2, 0.25) is 5.91 Å². The summed E-state index contributed by atoms with van der Waals surface area (Å²) in [6.45, 7) is 6.19. The van der Waals surface area contributed by atoms with Crippen LogP contribution < -0.4 is 20.7 Å². The summed E-state index contributed by atoms with van der Waals surface area (Å²) in [5.74, 6) is -0.269. The quantitative estimate of drug-likeness (QED) is 0.520. The maximum absolute atomic E-state index is 12.9. The Morgan fingerprint density at radius 3 is 2.42 bits per heavy atom.